The number of aromatic nitrogens is 2. The molecule has 0 aromatic carbocycles. The minimum absolute atomic E-state index is 0.00510. The Hall–Kier alpha value is -1.83. The van der Waals surface area contributed by atoms with Gasteiger partial charge in [-0.05, 0) is 32.3 Å². The van der Waals surface area contributed by atoms with Gasteiger partial charge in [0.2, 0.25) is 5.91 Å². The van der Waals surface area contributed by atoms with Gasteiger partial charge in [0.1, 0.15) is 6.04 Å². The van der Waals surface area contributed by atoms with Gasteiger partial charge in [-0.25, -0.2) is 0 Å². The minimum atomic E-state index is -0.329. The number of hydrogen-bond donors (Lipinski definition) is 1. The summed E-state index contributed by atoms with van der Waals surface area (Å²) in [7, 11) is 0. The summed E-state index contributed by atoms with van der Waals surface area (Å²) in [5.41, 5.74) is 0. The van der Waals surface area contributed by atoms with E-state index in [1.807, 2.05) is 0 Å². The second-order valence-corrected chi connectivity index (χ2v) is 4.44. The lowest BCUT2D eigenvalue weighted by Gasteiger charge is -2.19. The lowest BCUT2D eigenvalue weighted by Crippen LogP contribution is -2.40. The van der Waals surface area contributed by atoms with Crippen molar-refractivity contribution >= 4 is 5.91 Å². The van der Waals surface area contributed by atoms with Crippen molar-refractivity contribution in [3.63, 3.8) is 0 Å². The average Bonchev–Trinajstić information content (AvgIpc) is 2.98. The van der Waals surface area contributed by atoms with Crippen molar-refractivity contribution in [3.8, 4) is 6.07 Å². The maximum atomic E-state index is 12.0. The Bertz CT molecular complexity index is 420. The third-order valence-electron chi connectivity index (χ3n) is 3.31. The van der Waals surface area contributed by atoms with E-state index in [9.17, 15) is 4.79 Å². The molecule has 1 fully saturated rings. The zero-order valence-electron chi connectivity index (χ0n) is 9.84. The van der Waals surface area contributed by atoms with Gasteiger partial charge in [-0.3, -0.25) is 9.48 Å². The topological polar surface area (TPSA) is 70.7 Å². The molecule has 2 rings (SSSR count). The van der Waals surface area contributed by atoms with Crippen LogP contribution >= 0.6 is 0 Å². The largest absolute Gasteiger partial charge is 0.350 e. The molecule has 1 amide bonds. The van der Waals surface area contributed by atoms with E-state index in [0.717, 1.165) is 19.3 Å². The van der Waals surface area contributed by atoms with Crippen molar-refractivity contribution in [1.82, 2.24) is 15.1 Å². The molecular weight excluding hydrogens is 216 g/mol. The fourth-order valence-corrected chi connectivity index (χ4v) is 2.22. The molecule has 1 aliphatic carbocycles. The van der Waals surface area contributed by atoms with Crippen LogP contribution in [0.2, 0.25) is 0 Å². The standard InChI is InChI=1S/C12H16N4O/c1-9(16-7-3-6-14-16)12(17)15-11-5-2-4-10(11)8-13/h3,6-7,9-11H,2,4-5H2,1H3,(H,15,17). The molecule has 5 heteroatoms. The predicted octanol–water partition coefficient (Wildman–Crippen LogP) is 1.25. The molecule has 90 valence electrons. The normalized spacial score (nSPS) is 25.2. The molecule has 3 unspecified atom stereocenters. The summed E-state index contributed by atoms with van der Waals surface area (Å²) in [6, 6.07) is 3.72. The molecule has 0 radical (unpaired) electrons. The number of rotatable bonds is 3. The maximum absolute atomic E-state index is 12.0. The SMILES string of the molecule is CC(C(=O)NC1CCCC1C#N)n1cccn1. The Morgan fingerprint density at radius 2 is 2.47 bits per heavy atom. The summed E-state index contributed by atoms with van der Waals surface area (Å²) in [6.45, 7) is 1.80. The van der Waals surface area contributed by atoms with Crippen LogP contribution in [-0.4, -0.2) is 21.7 Å². The molecular formula is C12H16N4O. The molecule has 1 saturated carbocycles. The summed E-state index contributed by atoms with van der Waals surface area (Å²) in [4.78, 5) is 12.0. The van der Waals surface area contributed by atoms with Crippen molar-refractivity contribution in [3.05, 3.63) is 18.5 Å². The predicted molar refractivity (Wildman–Crippen MR) is 61.8 cm³/mol. The van der Waals surface area contributed by atoms with Crippen molar-refractivity contribution in [2.45, 2.75) is 38.3 Å². The summed E-state index contributed by atoms with van der Waals surface area (Å²) in [5, 5.41) is 15.9. The van der Waals surface area contributed by atoms with Gasteiger partial charge in [0.05, 0.1) is 12.0 Å². The van der Waals surface area contributed by atoms with Crippen molar-refractivity contribution in [2.24, 2.45) is 5.92 Å². The van der Waals surface area contributed by atoms with E-state index in [-0.39, 0.29) is 23.9 Å². The van der Waals surface area contributed by atoms with Gasteiger partial charge in [0.15, 0.2) is 0 Å². The lowest BCUT2D eigenvalue weighted by atomic mass is 10.1. The van der Waals surface area contributed by atoms with Gasteiger partial charge in [0.25, 0.3) is 0 Å². The van der Waals surface area contributed by atoms with Gasteiger partial charge in [-0.1, -0.05) is 0 Å². The molecule has 5 nitrogen and oxygen atoms in total. The fraction of sp³-hybridized carbons (Fsp3) is 0.583. The summed E-state index contributed by atoms with van der Waals surface area (Å²) >= 11 is 0. The molecule has 0 bridgehead atoms. The van der Waals surface area contributed by atoms with Crippen LogP contribution in [0, 0.1) is 17.2 Å². The first-order valence-electron chi connectivity index (χ1n) is 5.91. The Morgan fingerprint density at radius 1 is 1.65 bits per heavy atom. The maximum Gasteiger partial charge on any atom is 0.244 e. The smallest absolute Gasteiger partial charge is 0.244 e. The van der Waals surface area contributed by atoms with E-state index in [2.05, 4.69) is 16.5 Å². The van der Waals surface area contributed by atoms with Crippen LogP contribution in [0.3, 0.4) is 0 Å². The molecule has 3 atom stereocenters. The van der Waals surface area contributed by atoms with Crippen LogP contribution in [0.15, 0.2) is 18.5 Å². The molecule has 17 heavy (non-hydrogen) atoms. The lowest BCUT2D eigenvalue weighted by molar-refractivity contribution is -0.125. The molecule has 0 aliphatic heterocycles. The fourth-order valence-electron chi connectivity index (χ4n) is 2.22. The van der Waals surface area contributed by atoms with Gasteiger partial charge in [-0.2, -0.15) is 10.4 Å². The average molecular weight is 232 g/mol. The highest BCUT2D eigenvalue weighted by Crippen LogP contribution is 2.25. The van der Waals surface area contributed by atoms with Crippen LogP contribution in [0.25, 0.3) is 0 Å². The van der Waals surface area contributed by atoms with Crippen molar-refractivity contribution < 1.29 is 4.79 Å². The van der Waals surface area contributed by atoms with E-state index in [1.165, 1.54) is 0 Å². The zero-order chi connectivity index (χ0) is 12.3. The van der Waals surface area contributed by atoms with E-state index in [0.29, 0.717) is 0 Å². The first-order valence-corrected chi connectivity index (χ1v) is 5.91. The number of carbonyl (C=O) groups is 1. The first kappa shape index (κ1) is 11.6. The van der Waals surface area contributed by atoms with Crippen LogP contribution in [0.5, 0.6) is 0 Å². The molecule has 0 spiro atoms. The second kappa shape index (κ2) is 5.00. The minimum Gasteiger partial charge on any atom is -0.350 e. The van der Waals surface area contributed by atoms with Gasteiger partial charge >= 0.3 is 0 Å². The van der Waals surface area contributed by atoms with E-state index >= 15 is 0 Å². The molecule has 1 heterocycles. The number of carbonyl (C=O) groups excluding carboxylic acids is 1. The zero-order valence-corrected chi connectivity index (χ0v) is 9.84. The van der Waals surface area contributed by atoms with Gasteiger partial charge < -0.3 is 5.32 Å². The molecule has 1 aromatic heterocycles. The molecule has 1 aliphatic rings. The van der Waals surface area contributed by atoms with E-state index in [1.54, 1.807) is 30.1 Å². The molecule has 0 saturated heterocycles. The monoisotopic (exact) mass is 232 g/mol. The van der Waals surface area contributed by atoms with Gasteiger partial charge in [0, 0.05) is 18.4 Å². The number of nitrogens with zero attached hydrogens (tertiary/aromatic N) is 3. The first-order chi connectivity index (χ1) is 8.22. The number of amides is 1. The molecule has 1 N–H and O–H groups in total. The van der Waals surface area contributed by atoms with E-state index < -0.39 is 0 Å². The Labute approximate surface area is 100 Å². The second-order valence-electron chi connectivity index (χ2n) is 4.44. The summed E-state index contributed by atoms with van der Waals surface area (Å²) in [6.07, 6.45) is 6.21. The van der Waals surface area contributed by atoms with Crippen LogP contribution in [0.4, 0.5) is 0 Å². The van der Waals surface area contributed by atoms with Crippen LogP contribution in [-0.2, 0) is 4.79 Å². The Morgan fingerprint density at radius 3 is 3.12 bits per heavy atom. The molecule has 1 aromatic rings. The highest BCUT2D eigenvalue weighted by molar-refractivity contribution is 5.80. The quantitative estimate of drug-likeness (QED) is 0.852. The van der Waals surface area contributed by atoms with Crippen molar-refractivity contribution in [2.75, 3.05) is 0 Å². The summed E-state index contributed by atoms with van der Waals surface area (Å²) in [5.74, 6) is -0.107. The van der Waals surface area contributed by atoms with Crippen molar-refractivity contribution in [1.29, 1.82) is 5.26 Å². The Balaban J connectivity index is 1.95. The number of hydrogen-bond acceptors (Lipinski definition) is 3. The third-order valence-corrected chi connectivity index (χ3v) is 3.31. The van der Waals surface area contributed by atoms with Crippen LogP contribution in [0.1, 0.15) is 32.2 Å². The summed E-state index contributed by atoms with van der Waals surface area (Å²) < 4.78 is 1.62. The number of nitriles is 1. The van der Waals surface area contributed by atoms with E-state index in [4.69, 9.17) is 5.26 Å². The Kier molecular flexibility index (Phi) is 3.43. The van der Waals surface area contributed by atoms with Crippen LogP contribution < -0.4 is 5.32 Å². The van der Waals surface area contributed by atoms with Gasteiger partial charge in [-0.15, -0.1) is 0 Å². The highest BCUT2D eigenvalue weighted by Gasteiger charge is 2.29. The number of nitrogens with one attached hydrogen (secondary N) is 1. The highest BCUT2D eigenvalue weighted by atomic mass is 16.2. The third kappa shape index (κ3) is 2.47.